The first kappa shape index (κ1) is 17.1. The fourth-order valence-electron chi connectivity index (χ4n) is 2.66. The Labute approximate surface area is 147 Å². The van der Waals surface area contributed by atoms with Crippen molar-refractivity contribution in [2.24, 2.45) is 0 Å². The molecule has 0 saturated heterocycles. The first-order valence-corrected chi connectivity index (χ1v) is 8.40. The Kier molecular flexibility index (Phi) is 5.08. The third-order valence-corrected chi connectivity index (χ3v) is 4.18. The molecule has 0 aliphatic heterocycles. The molecule has 0 bridgehead atoms. The van der Waals surface area contributed by atoms with E-state index in [1.54, 1.807) is 12.1 Å². The van der Waals surface area contributed by atoms with Gasteiger partial charge in [0.1, 0.15) is 11.3 Å². The molecule has 0 saturated carbocycles. The fraction of sp³-hybridized carbons (Fsp3) is 0.286. The van der Waals surface area contributed by atoms with Crippen molar-refractivity contribution in [2.45, 2.75) is 26.2 Å². The minimum Gasteiger partial charge on any atom is -0.493 e. The molecule has 25 heavy (non-hydrogen) atoms. The summed E-state index contributed by atoms with van der Waals surface area (Å²) in [4.78, 5) is 11.5. The molecular weight excluding hydrogens is 316 g/mol. The second-order valence-electron chi connectivity index (χ2n) is 6.30. The van der Waals surface area contributed by atoms with Gasteiger partial charge in [0.25, 0.3) is 0 Å². The molecule has 4 heteroatoms. The lowest BCUT2D eigenvalue weighted by atomic mass is 10.0. The van der Waals surface area contributed by atoms with Gasteiger partial charge in [-0.15, -0.1) is 0 Å². The number of hydrogen-bond acceptors (Lipinski definition) is 4. The van der Waals surface area contributed by atoms with Crippen LogP contribution in [0.15, 0.2) is 52.9 Å². The van der Waals surface area contributed by atoms with E-state index in [-0.39, 0.29) is 5.76 Å². The van der Waals surface area contributed by atoms with Crippen molar-refractivity contribution in [3.05, 3.63) is 65.4 Å². The van der Waals surface area contributed by atoms with E-state index in [1.807, 2.05) is 12.1 Å². The van der Waals surface area contributed by atoms with Gasteiger partial charge in [0.15, 0.2) is 0 Å². The molecule has 0 amide bonds. The second kappa shape index (κ2) is 7.43. The van der Waals surface area contributed by atoms with Crippen molar-refractivity contribution < 1.29 is 18.7 Å². The first-order valence-electron chi connectivity index (χ1n) is 8.40. The summed E-state index contributed by atoms with van der Waals surface area (Å²) in [5.74, 6) is 0.973. The molecule has 0 fully saturated rings. The van der Waals surface area contributed by atoms with Gasteiger partial charge in [-0.3, -0.25) is 0 Å². The molecule has 2 aromatic carbocycles. The normalized spacial score (nSPS) is 11.0. The van der Waals surface area contributed by atoms with E-state index in [0.29, 0.717) is 18.1 Å². The quantitative estimate of drug-likeness (QED) is 0.596. The predicted octanol–water partition coefficient (Wildman–Crippen LogP) is 4.96. The summed E-state index contributed by atoms with van der Waals surface area (Å²) >= 11 is 0. The highest BCUT2D eigenvalue weighted by Crippen LogP contribution is 2.25. The van der Waals surface area contributed by atoms with E-state index < -0.39 is 5.97 Å². The second-order valence-corrected chi connectivity index (χ2v) is 6.30. The standard InChI is InChI=1S/C21H22O4/c1-14(2)16-6-4-15(5-7-16)10-11-24-18-9-8-17-12-20(21(22)23-3)25-19(17)13-18/h4-9,12-14H,10-11H2,1-3H3. The van der Waals surface area contributed by atoms with Gasteiger partial charge in [0, 0.05) is 17.9 Å². The summed E-state index contributed by atoms with van der Waals surface area (Å²) in [6, 6.07) is 15.9. The highest BCUT2D eigenvalue weighted by Gasteiger charge is 2.12. The summed E-state index contributed by atoms with van der Waals surface area (Å²) in [7, 11) is 1.33. The number of furan rings is 1. The number of esters is 1. The van der Waals surface area contributed by atoms with E-state index in [0.717, 1.165) is 17.6 Å². The van der Waals surface area contributed by atoms with Crippen molar-refractivity contribution in [2.75, 3.05) is 13.7 Å². The Bertz CT molecular complexity index is 859. The minimum absolute atomic E-state index is 0.194. The number of methoxy groups -OCH3 is 1. The number of benzene rings is 2. The van der Waals surface area contributed by atoms with E-state index >= 15 is 0 Å². The van der Waals surface area contributed by atoms with Crippen molar-refractivity contribution in [3.8, 4) is 5.75 Å². The van der Waals surface area contributed by atoms with Crippen LogP contribution in [-0.4, -0.2) is 19.7 Å². The molecule has 1 aromatic heterocycles. The summed E-state index contributed by atoms with van der Waals surface area (Å²) in [6.45, 7) is 4.96. The molecule has 0 radical (unpaired) electrons. The Balaban J connectivity index is 1.62. The molecule has 130 valence electrons. The average Bonchev–Trinajstić information content (AvgIpc) is 3.05. The SMILES string of the molecule is COC(=O)c1cc2ccc(OCCc3ccc(C(C)C)cc3)cc2o1. The van der Waals surface area contributed by atoms with Gasteiger partial charge < -0.3 is 13.9 Å². The van der Waals surface area contributed by atoms with Crippen LogP contribution in [0.1, 0.15) is 41.4 Å². The summed E-state index contributed by atoms with van der Waals surface area (Å²) < 4.78 is 16.0. The first-order chi connectivity index (χ1) is 12.1. The van der Waals surface area contributed by atoms with Crippen molar-refractivity contribution in [1.82, 2.24) is 0 Å². The van der Waals surface area contributed by atoms with Crippen molar-refractivity contribution in [1.29, 1.82) is 0 Å². The zero-order chi connectivity index (χ0) is 17.8. The van der Waals surface area contributed by atoms with Gasteiger partial charge in [-0.1, -0.05) is 38.1 Å². The third kappa shape index (κ3) is 4.02. The van der Waals surface area contributed by atoms with Crippen LogP contribution in [0.2, 0.25) is 0 Å². The smallest absolute Gasteiger partial charge is 0.373 e. The number of carbonyl (C=O) groups is 1. The van der Waals surface area contributed by atoms with Crippen LogP contribution in [0.25, 0.3) is 11.0 Å². The molecule has 0 atom stereocenters. The lowest BCUT2D eigenvalue weighted by molar-refractivity contribution is 0.0567. The van der Waals surface area contributed by atoms with Crippen LogP contribution in [-0.2, 0) is 11.2 Å². The predicted molar refractivity (Wildman–Crippen MR) is 97.3 cm³/mol. The Morgan fingerprint density at radius 2 is 1.84 bits per heavy atom. The summed E-state index contributed by atoms with van der Waals surface area (Å²) in [5.41, 5.74) is 3.20. The third-order valence-electron chi connectivity index (χ3n) is 4.18. The Morgan fingerprint density at radius 3 is 2.52 bits per heavy atom. The fourth-order valence-corrected chi connectivity index (χ4v) is 2.66. The Hall–Kier alpha value is -2.75. The lowest BCUT2D eigenvalue weighted by Crippen LogP contribution is -2.01. The van der Waals surface area contributed by atoms with E-state index in [9.17, 15) is 4.79 Å². The highest BCUT2D eigenvalue weighted by atomic mass is 16.5. The molecular formula is C21H22O4. The minimum atomic E-state index is -0.483. The van der Waals surface area contributed by atoms with Gasteiger partial charge in [-0.25, -0.2) is 4.79 Å². The van der Waals surface area contributed by atoms with Gasteiger partial charge in [0.05, 0.1) is 13.7 Å². The maximum Gasteiger partial charge on any atom is 0.373 e. The van der Waals surface area contributed by atoms with Crippen LogP contribution in [0, 0.1) is 0 Å². The van der Waals surface area contributed by atoms with Gasteiger partial charge in [0.2, 0.25) is 5.76 Å². The van der Waals surface area contributed by atoms with Crippen molar-refractivity contribution in [3.63, 3.8) is 0 Å². The van der Waals surface area contributed by atoms with E-state index in [2.05, 4.69) is 42.8 Å². The molecule has 0 aliphatic carbocycles. The molecule has 0 spiro atoms. The zero-order valence-electron chi connectivity index (χ0n) is 14.7. The molecule has 1 heterocycles. The van der Waals surface area contributed by atoms with E-state index in [1.165, 1.54) is 18.2 Å². The van der Waals surface area contributed by atoms with Gasteiger partial charge in [-0.2, -0.15) is 0 Å². The monoisotopic (exact) mass is 338 g/mol. The summed E-state index contributed by atoms with van der Waals surface area (Å²) in [6.07, 6.45) is 0.835. The van der Waals surface area contributed by atoms with Crippen LogP contribution in [0.5, 0.6) is 5.75 Å². The van der Waals surface area contributed by atoms with Gasteiger partial charge >= 0.3 is 5.97 Å². The lowest BCUT2D eigenvalue weighted by Gasteiger charge is -2.08. The molecule has 0 unspecified atom stereocenters. The molecule has 3 rings (SSSR count). The Morgan fingerprint density at radius 1 is 1.08 bits per heavy atom. The van der Waals surface area contributed by atoms with E-state index in [4.69, 9.17) is 9.15 Å². The largest absolute Gasteiger partial charge is 0.493 e. The number of carbonyl (C=O) groups excluding carboxylic acids is 1. The number of ether oxygens (including phenoxy) is 2. The zero-order valence-corrected chi connectivity index (χ0v) is 14.7. The maximum atomic E-state index is 11.5. The van der Waals surface area contributed by atoms with Crippen molar-refractivity contribution >= 4 is 16.9 Å². The van der Waals surface area contributed by atoms with Crippen LogP contribution in [0.3, 0.4) is 0 Å². The molecule has 4 nitrogen and oxygen atoms in total. The number of hydrogen-bond donors (Lipinski definition) is 0. The number of rotatable bonds is 6. The number of fused-ring (bicyclic) bond motifs is 1. The van der Waals surface area contributed by atoms with Crippen LogP contribution in [0.4, 0.5) is 0 Å². The van der Waals surface area contributed by atoms with Crippen LogP contribution < -0.4 is 4.74 Å². The highest BCUT2D eigenvalue weighted by molar-refractivity contribution is 5.92. The van der Waals surface area contributed by atoms with Crippen LogP contribution >= 0.6 is 0 Å². The average molecular weight is 338 g/mol. The molecule has 0 N–H and O–H groups in total. The topological polar surface area (TPSA) is 48.7 Å². The van der Waals surface area contributed by atoms with Gasteiger partial charge in [-0.05, 0) is 35.2 Å². The molecule has 0 aliphatic rings. The molecule has 3 aromatic rings. The maximum absolute atomic E-state index is 11.5. The summed E-state index contributed by atoms with van der Waals surface area (Å²) in [5, 5.41) is 0.844.